The smallest absolute Gasteiger partial charge is 0.225 e. The van der Waals surface area contributed by atoms with Gasteiger partial charge in [-0.25, -0.2) is 9.97 Å². The Morgan fingerprint density at radius 2 is 1.83 bits per heavy atom. The van der Waals surface area contributed by atoms with Crippen LogP contribution in [0.15, 0.2) is 16.9 Å². The van der Waals surface area contributed by atoms with Gasteiger partial charge in [-0.05, 0) is 60.6 Å². The maximum Gasteiger partial charge on any atom is 0.225 e. The van der Waals surface area contributed by atoms with Gasteiger partial charge in [0.15, 0.2) is 0 Å². The predicted octanol–water partition coefficient (Wildman–Crippen LogP) is 2.21. The van der Waals surface area contributed by atoms with Crippen molar-refractivity contribution in [1.82, 2.24) is 15.3 Å². The zero-order chi connectivity index (χ0) is 12.4. The van der Waals surface area contributed by atoms with E-state index < -0.39 is 0 Å². The van der Waals surface area contributed by atoms with Crippen molar-refractivity contribution in [1.29, 1.82) is 0 Å². The quantitative estimate of drug-likeness (QED) is 0.925. The zero-order valence-corrected chi connectivity index (χ0v) is 12.1. The van der Waals surface area contributed by atoms with Gasteiger partial charge in [0.25, 0.3) is 0 Å². The van der Waals surface area contributed by atoms with Crippen molar-refractivity contribution in [3.05, 3.63) is 16.9 Å². The van der Waals surface area contributed by atoms with Crippen LogP contribution < -0.4 is 10.2 Å². The van der Waals surface area contributed by atoms with Crippen molar-refractivity contribution in [2.24, 2.45) is 5.92 Å². The summed E-state index contributed by atoms with van der Waals surface area (Å²) in [5.41, 5.74) is 0. The Labute approximate surface area is 116 Å². The normalized spacial score (nSPS) is 20.9. The largest absolute Gasteiger partial charge is 0.338 e. The average molecular weight is 311 g/mol. The van der Waals surface area contributed by atoms with E-state index in [1.807, 2.05) is 12.4 Å². The van der Waals surface area contributed by atoms with Crippen LogP contribution in [0.4, 0.5) is 5.95 Å². The molecule has 1 saturated carbocycles. The van der Waals surface area contributed by atoms with E-state index >= 15 is 0 Å². The molecule has 0 spiro atoms. The van der Waals surface area contributed by atoms with Gasteiger partial charge in [-0.1, -0.05) is 0 Å². The van der Waals surface area contributed by atoms with Crippen molar-refractivity contribution >= 4 is 21.9 Å². The minimum Gasteiger partial charge on any atom is -0.338 e. The van der Waals surface area contributed by atoms with Crippen LogP contribution in [0.25, 0.3) is 0 Å². The molecule has 2 fully saturated rings. The first-order valence-electron chi connectivity index (χ1n) is 6.78. The van der Waals surface area contributed by atoms with Crippen LogP contribution in [-0.2, 0) is 0 Å². The summed E-state index contributed by atoms with van der Waals surface area (Å²) < 4.78 is 0.948. The second-order valence-electron chi connectivity index (χ2n) is 5.28. The fraction of sp³-hybridized carbons (Fsp3) is 0.692. The molecule has 0 bridgehead atoms. The third-order valence-electron chi connectivity index (χ3n) is 3.76. The lowest BCUT2D eigenvalue weighted by atomic mass is 9.97. The predicted molar refractivity (Wildman–Crippen MR) is 75.7 cm³/mol. The summed E-state index contributed by atoms with van der Waals surface area (Å²) in [7, 11) is 0. The Morgan fingerprint density at radius 1 is 1.17 bits per heavy atom. The van der Waals surface area contributed by atoms with Crippen LogP contribution in [-0.4, -0.2) is 35.6 Å². The topological polar surface area (TPSA) is 41.1 Å². The molecule has 98 valence electrons. The Hall–Kier alpha value is -0.680. The number of nitrogens with one attached hydrogen (secondary N) is 1. The highest BCUT2D eigenvalue weighted by molar-refractivity contribution is 9.10. The van der Waals surface area contributed by atoms with Crippen molar-refractivity contribution in [2.45, 2.75) is 31.7 Å². The van der Waals surface area contributed by atoms with E-state index in [9.17, 15) is 0 Å². The number of hydrogen-bond donors (Lipinski definition) is 1. The zero-order valence-electron chi connectivity index (χ0n) is 10.5. The number of rotatable bonds is 4. The summed E-state index contributed by atoms with van der Waals surface area (Å²) in [5.74, 6) is 1.69. The molecule has 2 heterocycles. The minimum atomic E-state index is 0.682. The molecule has 2 aliphatic rings. The first-order valence-corrected chi connectivity index (χ1v) is 7.57. The lowest BCUT2D eigenvalue weighted by Crippen LogP contribution is -2.38. The highest BCUT2D eigenvalue weighted by atomic mass is 79.9. The van der Waals surface area contributed by atoms with Crippen LogP contribution in [0.1, 0.15) is 25.7 Å². The molecule has 0 unspecified atom stereocenters. The van der Waals surface area contributed by atoms with Crippen LogP contribution >= 0.6 is 15.9 Å². The fourth-order valence-electron chi connectivity index (χ4n) is 2.58. The number of piperidine rings is 1. The number of halogens is 1. The molecule has 18 heavy (non-hydrogen) atoms. The van der Waals surface area contributed by atoms with Crippen LogP contribution in [0.5, 0.6) is 0 Å². The Morgan fingerprint density at radius 3 is 2.44 bits per heavy atom. The first-order chi connectivity index (χ1) is 8.83. The standard InChI is InChI=1S/C13H19BrN4/c14-11-7-16-13(17-8-11)18(12-1-2-12)9-10-3-5-15-6-4-10/h7-8,10,12,15H,1-6,9H2. The van der Waals surface area contributed by atoms with Gasteiger partial charge in [-0.3, -0.25) is 0 Å². The van der Waals surface area contributed by atoms with Gasteiger partial charge >= 0.3 is 0 Å². The molecule has 0 radical (unpaired) electrons. The molecule has 1 aliphatic heterocycles. The molecule has 0 atom stereocenters. The fourth-order valence-corrected chi connectivity index (χ4v) is 2.78. The van der Waals surface area contributed by atoms with E-state index in [4.69, 9.17) is 0 Å². The summed E-state index contributed by atoms with van der Waals surface area (Å²) in [5, 5.41) is 3.42. The van der Waals surface area contributed by atoms with E-state index in [0.717, 1.165) is 36.0 Å². The lowest BCUT2D eigenvalue weighted by molar-refractivity contribution is 0.371. The third-order valence-corrected chi connectivity index (χ3v) is 4.17. The highest BCUT2D eigenvalue weighted by Gasteiger charge is 2.32. The SMILES string of the molecule is Brc1cnc(N(CC2CCNCC2)C2CC2)nc1. The molecular weight excluding hydrogens is 292 g/mol. The summed E-state index contributed by atoms with van der Waals surface area (Å²) in [6.45, 7) is 3.43. The second-order valence-corrected chi connectivity index (χ2v) is 6.19. The van der Waals surface area contributed by atoms with E-state index in [2.05, 4.69) is 36.1 Å². The molecule has 0 aromatic carbocycles. The molecule has 5 heteroatoms. The lowest BCUT2D eigenvalue weighted by Gasteiger charge is -2.30. The van der Waals surface area contributed by atoms with Crippen molar-refractivity contribution in [2.75, 3.05) is 24.5 Å². The molecule has 1 saturated heterocycles. The minimum absolute atomic E-state index is 0.682. The molecule has 3 rings (SSSR count). The molecule has 1 N–H and O–H groups in total. The summed E-state index contributed by atoms with van der Waals surface area (Å²) in [6.07, 6.45) is 8.84. The van der Waals surface area contributed by atoms with Gasteiger partial charge in [0.1, 0.15) is 0 Å². The van der Waals surface area contributed by atoms with Gasteiger partial charge in [-0.15, -0.1) is 0 Å². The van der Waals surface area contributed by atoms with Gasteiger partial charge in [0, 0.05) is 25.0 Å². The maximum absolute atomic E-state index is 4.46. The number of hydrogen-bond acceptors (Lipinski definition) is 4. The first kappa shape index (κ1) is 12.4. The summed E-state index contributed by atoms with van der Waals surface area (Å²) >= 11 is 3.39. The van der Waals surface area contributed by atoms with Crippen LogP contribution in [0, 0.1) is 5.92 Å². The van der Waals surface area contributed by atoms with Gasteiger partial charge < -0.3 is 10.2 Å². The Kier molecular flexibility index (Phi) is 3.80. The number of nitrogens with zero attached hydrogens (tertiary/aromatic N) is 3. The van der Waals surface area contributed by atoms with E-state index in [1.54, 1.807) is 0 Å². The van der Waals surface area contributed by atoms with Gasteiger partial charge in [0.2, 0.25) is 5.95 Å². The van der Waals surface area contributed by atoms with E-state index in [1.165, 1.54) is 25.7 Å². The summed E-state index contributed by atoms with van der Waals surface area (Å²) in [4.78, 5) is 11.3. The molecule has 1 aromatic heterocycles. The summed E-state index contributed by atoms with van der Waals surface area (Å²) in [6, 6.07) is 0.682. The molecule has 1 aromatic rings. The van der Waals surface area contributed by atoms with Crippen LogP contribution in [0.2, 0.25) is 0 Å². The average Bonchev–Trinajstić information content (AvgIpc) is 3.23. The van der Waals surface area contributed by atoms with Gasteiger partial charge in [0.05, 0.1) is 4.47 Å². The van der Waals surface area contributed by atoms with E-state index in [0.29, 0.717) is 6.04 Å². The highest BCUT2D eigenvalue weighted by Crippen LogP contribution is 2.31. The maximum atomic E-state index is 4.46. The second kappa shape index (κ2) is 5.53. The van der Waals surface area contributed by atoms with Crippen molar-refractivity contribution in [3.63, 3.8) is 0 Å². The third kappa shape index (κ3) is 3.01. The number of anilines is 1. The molecule has 4 nitrogen and oxygen atoms in total. The Balaban J connectivity index is 1.69. The molecule has 1 aliphatic carbocycles. The van der Waals surface area contributed by atoms with Crippen molar-refractivity contribution in [3.8, 4) is 0 Å². The Bertz CT molecular complexity index is 384. The number of aromatic nitrogens is 2. The monoisotopic (exact) mass is 310 g/mol. The van der Waals surface area contributed by atoms with E-state index in [-0.39, 0.29) is 0 Å². The van der Waals surface area contributed by atoms with Gasteiger partial charge in [-0.2, -0.15) is 0 Å². The molecule has 0 amide bonds. The van der Waals surface area contributed by atoms with Crippen molar-refractivity contribution < 1.29 is 0 Å². The molecular formula is C13H19BrN4. The van der Waals surface area contributed by atoms with Crippen LogP contribution in [0.3, 0.4) is 0 Å².